The molecular formula is C80H54BN5. The highest BCUT2D eigenvalue weighted by atomic mass is 15.2. The quantitative estimate of drug-likeness (QED) is 0.148. The van der Waals surface area contributed by atoms with Gasteiger partial charge < -0.3 is 23.5 Å². The van der Waals surface area contributed by atoms with Gasteiger partial charge in [-0.1, -0.05) is 218 Å². The van der Waals surface area contributed by atoms with Crippen LogP contribution in [0.25, 0.3) is 105 Å². The average molecular weight is 1100 g/mol. The fourth-order valence-corrected chi connectivity index (χ4v) is 15.0. The molecule has 0 aliphatic carbocycles. The standard InChI is InChI=1S/C80H54BN5/c1-51-45-64-76(49-74(51)83-70-41-21-13-33-60(70)61-34-14-22-42-71(61)83)85(66-37-17-9-29-56(66)53-25-5-3-6-26-53)78-47-55(82-68-39-19-11-31-58(68)59-32-12-20-40-69(59)82)48-79-80(78)81(64)65-46-52(2)75(84-72-43-23-15-35-62(72)63-36-16-24-44-73(63)84)50-77(65)86(79)67-38-18-10-30-57(67)54-27-7-4-8-28-54/h3-50H,1-2H3. The predicted molar refractivity (Wildman–Crippen MR) is 364 cm³/mol. The molecule has 5 nitrogen and oxygen atoms in total. The van der Waals surface area contributed by atoms with Crippen LogP contribution < -0.4 is 26.2 Å². The van der Waals surface area contributed by atoms with Crippen LogP contribution in [0.5, 0.6) is 0 Å². The van der Waals surface area contributed by atoms with Crippen LogP contribution in [0.3, 0.4) is 0 Å². The van der Waals surface area contributed by atoms with Crippen LogP contribution in [0, 0.1) is 13.8 Å². The van der Waals surface area contributed by atoms with E-state index in [4.69, 9.17) is 0 Å². The number of benzene rings is 13. The molecule has 3 aromatic heterocycles. The maximum atomic E-state index is 2.63. The van der Waals surface area contributed by atoms with E-state index in [0.717, 1.165) is 84.5 Å². The summed E-state index contributed by atoms with van der Waals surface area (Å²) in [6.07, 6.45) is 0. The molecule has 16 aromatic rings. The fourth-order valence-electron chi connectivity index (χ4n) is 15.0. The fraction of sp³-hybridized carbons (Fsp3) is 0.0250. The Balaban J connectivity index is 1.02. The maximum absolute atomic E-state index is 2.63. The summed E-state index contributed by atoms with van der Waals surface area (Å²) in [4.78, 5) is 5.26. The molecule has 402 valence electrons. The SMILES string of the molecule is Cc1cc2c(cc1-n1c3ccccc3c3ccccc31)N(c1ccccc1-c1ccccc1)c1cc(-n3c4ccccc4c4ccccc43)cc3c1B2c1cc(C)c(-n2c4ccccc4c4ccccc42)cc1N3c1ccccc1-c1ccccc1. The number of anilines is 6. The molecule has 6 heteroatoms. The number of aromatic nitrogens is 3. The molecule has 0 unspecified atom stereocenters. The molecule has 0 amide bonds. The van der Waals surface area contributed by atoms with E-state index in [1.807, 2.05) is 0 Å². The van der Waals surface area contributed by atoms with Gasteiger partial charge in [0.25, 0.3) is 6.71 Å². The first kappa shape index (κ1) is 48.5. The van der Waals surface area contributed by atoms with Gasteiger partial charge in [0.2, 0.25) is 0 Å². The molecule has 0 radical (unpaired) electrons. The van der Waals surface area contributed by atoms with E-state index in [2.05, 4.69) is 329 Å². The van der Waals surface area contributed by atoms with Crippen LogP contribution in [0.4, 0.5) is 34.1 Å². The van der Waals surface area contributed by atoms with Gasteiger partial charge in [-0.15, -0.1) is 0 Å². The topological polar surface area (TPSA) is 21.3 Å². The van der Waals surface area contributed by atoms with Crippen molar-refractivity contribution in [1.82, 2.24) is 13.7 Å². The zero-order valence-electron chi connectivity index (χ0n) is 47.5. The lowest BCUT2D eigenvalue weighted by Crippen LogP contribution is -2.61. The van der Waals surface area contributed by atoms with E-state index in [1.54, 1.807) is 0 Å². The summed E-state index contributed by atoms with van der Waals surface area (Å²) in [5.74, 6) is 0. The molecule has 86 heavy (non-hydrogen) atoms. The second-order valence-electron chi connectivity index (χ2n) is 23.3. The van der Waals surface area contributed by atoms with E-state index >= 15 is 0 Å². The smallest absolute Gasteiger partial charge is 0.252 e. The average Bonchev–Trinajstić information content (AvgIpc) is 0.754. The zero-order chi connectivity index (χ0) is 56.7. The molecule has 13 aromatic carbocycles. The summed E-state index contributed by atoms with van der Waals surface area (Å²) in [5, 5.41) is 7.40. The molecule has 0 saturated heterocycles. The Morgan fingerprint density at radius 2 is 0.547 bits per heavy atom. The molecule has 0 N–H and O–H groups in total. The first-order chi connectivity index (χ1) is 42.6. The molecule has 0 atom stereocenters. The zero-order valence-corrected chi connectivity index (χ0v) is 47.5. The maximum Gasteiger partial charge on any atom is 0.252 e. The lowest BCUT2D eigenvalue weighted by atomic mass is 9.33. The van der Waals surface area contributed by atoms with Gasteiger partial charge in [-0.05, 0) is 125 Å². The largest absolute Gasteiger partial charge is 0.311 e. The summed E-state index contributed by atoms with van der Waals surface area (Å²) >= 11 is 0. The summed E-state index contributed by atoms with van der Waals surface area (Å²) in [6.45, 7) is 4.46. The first-order valence-corrected chi connectivity index (χ1v) is 29.9. The Bertz CT molecular complexity index is 5040. The van der Waals surface area contributed by atoms with E-state index in [-0.39, 0.29) is 6.71 Å². The van der Waals surface area contributed by atoms with Crippen LogP contribution in [-0.4, -0.2) is 20.4 Å². The van der Waals surface area contributed by atoms with Crippen LogP contribution >= 0.6 is 0 Å². The van der Waals surface area contributed by atoms with Gasteiger partial charge in [0.05, 0.1) is 61.5 Å². The highest BCUT2D eigenvalue weighted by Gasteiger charge is 2.45. The second kappa shape index (κ2) is 18.7. The molecule has 2 aliphatic heterocycles. The van der Waals surface area contributed by atoms with E-state index in [1.165, 1.54) is 81.9 Å². The van der Waals surface area contributed by atoms with Crippen molar-refractivity contribution >= 4 is 123 Å². The van der Waals surface area contributed by atoms with E-state index < -0.39 is 0 Å². The Kier molecular flexibility index (Phi) is 10.5. The van der Waals surface area contributed by atoms with Crippen LogP contribution in [0.2, 0.25) is 0 Å². The highest BCUT2D eigenvalue weighted by Crippen LogP contribution is 2.51. The third-order valence-corrected chi connectivity index (χ3v) is 18.6. The summed E-state index contributed by atoms with van der Waals surface area (Å²) in [7, 11) is 0. The number of para-hydroxylation sites is 8. The van der Waals surface area contributed by atoms with Gasteiger partial charge in [0.1, 0.15) is 0 Å². The van der Waals surface area contributed by atoms with Crippen molar-refractivity contribution in [3.8, 4) is 39.3 Å². The molecule has 18 rings (SSSR count). The molecular weight excluding hydrogens is 1040 g/mol. The monoisotopic (exact) mass is 1100 g/mol. The van der Waals surface area contributed by atoms with E-state index in [9.17, 15) is 0 Å². The van der Waals surface area contributed by atoms with Gasteiger partial charge in [0, 0.05) is 66.2 Å². The van der Waals surface area contributed by atoms with Crippen LogP contribution in [0.1, 0.15) is 11.1 Å². The molecule has 2 aliphatic rings. The van der Waals surface area contributed by atoms with Gasteiger partial charge in [0.15, 0.2) is 0 Å². The predicted octanol–water partition coefficient (Wildman–Crippen LogP) is 19.0. The third kappa shape index (κ3) is 6.95. The van der Waals surface area contributed by atoms with Crippen LogP contribution in [0.15, 0.2) is 291 Å². The van der Waals surface area contributed by atoms with Crippen LogP contribution in [-0.2, 0) is 0 Å². The van der Waals surface area contributed by atoms with Crippen molar-refractivity contribution in [3.05, 3.63) is 302 Å². The van der Waals surface area contributed by atoms with Gasteiger partial charge in [-0.3, -0.25) is 0 Å². The molecule has 5 heterocycles. The minimum absolute atomic E-state index is 0.186. The molecule has 0 saturated carbocycles. The summed E-state index contributed by atoms with van der Waals surface area (Å²) in [6, 6.07) is 109. The first-order valence-electron chi connectivity index (χ1n) is 29.9. The van der Waals surface area contributed by atoms with Crippen molar-refractivity contribution < 1.29 is 0 Å². The lowest BCUT2D eigenvalue weighted by Gasteiger charge is -2.45. The Hall–Kier alpha value is -11.1. The second-order valence-corrected chi connectivity index (χ2v) is 23.3. The third-order valence-electron chi connectivity index (χ3n) is 18.6. The number of aryl methyl sites for hydroxylation is 2. The number of fused-ring (bicyclic) bond motifs is 13. The summed E-state index contributed by atoms with van der Waals surface area (Å²) in [5.41, 5.74) is 28.0. The molecule has 0 bridgehead atoms. The summed E-state index contributed by atoms with van der Waals surface area (Å²) < 4.78 is 7.54. The van der Waals surface area contributed by atoms with E-state index in [0.29, 0.717) is 0 Å². The molecule has 0 fully saturated rings. The Morgan fingerprint density at radius 3 is 0.907 bits per heavy atom. The van der Waals surface area contributed by atoms with Crippen molar-refractivity contribution in [1.29, 1.82) is 0 Å². The van der Waals surface area contributed by atoms with Gasteiger partial charge >= 0.3 is 0 Å². The van der Waals surface area contributed by atoms with Crippen molar-refractivity contribution in [2.45, 2.75) is 13.8 Å². The Morgan fingerprint density at radius 1 is 0.244 bits per heavy atom. The van der Waals surface area contributed by atoms with Gasteiger partial charge in [-0.2, -0.15) is 0 Å². The number of hydrogen-bond acceptors (Lipinski definition) is 2. The van der Waals surface area contributed by atoms with Crippen molar-refractivity contribution in [2.24, 2.45) is 0 Å². The van der Waals surface area contributed by atoms with Crippen molar-refractivity contribution in [2.75, 3.05) is 9.80 Å². The number of nitrogens with zero attached hydrogens (tertiary/aromatic N) is 5. The van der Waals surface area contributed by atoms with Gasteiger partial charge in [-0.25, -0.2) is 0 Å². The number of rotatable bonds is 7. The Labute approximate surface area is 498 Å². The minimum atomic E-state index is -0.186. The lowest BCUT2D eigenvalue weighted by molar-refractivity contribution is 1.13. The molecule has 0 spiro atoms. The normalized spacial score (nSPS) is 12.7. The number of hydrogen-bond donors (Lipinski definition) is 0. The minimum Gasteiger partial charge on any atom is -0.311 e. The highest BCUT2D eigenvalue weighted by molar-refractivity contribution is 7.00. The van der Waals surface area contributed by atoms with Crippen molar-refractivity contribution in [3.63, 3.8) is 0 Å².